The van der Waals surface area contributed by atoms with Crippen LogP contribution in [0.4, 0.5) is 0 Å². The van der Waals surface area contributed by atoms with E-state index in [1.54, 1.807) is 0 Å². The first-order valence-electron chi connectivity index (χ1n) is 6.35. The molecule has 0 amide bonds. The smallest absolute Gasteiger partial charge is 0.0638 e. The Morgan fingerprint density at radius 1 is 1.29 bits per heavy atom. The zero-order valence-corrected chi connectivity index (χ0v) is 12.1. The number of hydrazine groups is 1. The van der Waals surface area contributed by atoms with E-state index in [-0.39, 0.29) is 5.54 Å². The van der Waals surface area contributed by atoms with Crippen LogP contribution in [0.5, 0.6) is 0 Å². The maximum Gasteiger partial charge on any atom is 0.0638 e. The van der Waals surface area contributed by atoms with Gasteiger partial charge in [-0.15, -0.1) is 0 Å². The largest absolute Gasteiger partial charge is 0.292 e. The van der Waals surface area contributed by atoms with Gasteiger partial charge in [-0.05, 0) is 27.7 Å². The van der Waals surface area contributed by atoms with E-state index < -0.39 is 0 Å². The lowest BCUT2D eigenvalue weighted by Crippen LogP contribution is -2.64. The third-order valence-corrected chi connectivity index (χ3v) is 3.51. The molecule has 4 nitrogen and oxygen atoms in total. The van der Waals surface area contributed by atoms with Crippen LogP contribution in [0.25, 0.3) is 0 Å². The Morgan fingerprint density at radius 2 is 1.88 bits per heavy atom. The van der Waals surface area contributed by atoms with Crippen molar-refractivity contribution in [1.82, 2.24) is 14.9 Å². The summed E-state index contributed by atoms with van der Waals surface area (Å²) >= 11 is 0. The van der Waals surface area contributed by atoms with Gasteiger partial charge in [0.1, 0.15) is 0 Å². The molecular formula is C13H26N4. The molecule has 4 heteroatoms. The first-order chi connectivity index (χ1) is 7.77. The van der Waals surface area contributed by atoms with Crippen LogP contribution in [0, 0.1) is 11.3 Å². The summed E-state index contributed by atoms with van der Waals surface area (Å²) in [5.74, 6) is 0. The lowest BCUT2D eigenvalue weighted by Gasteiger charge is -2.51. The van der Waals surface area contributed by atoms with E-state index in [0.29, 0.717) is 18.5 Å². The van der Waals surface area contributed by atoms with E-state index >= 15 is 0 Å². The number of hydrogen-bond donors (Lipinski definition) is 0. The summed E-state index contributed by atoms with van der Waals surface area (Å²) in [5, 5.41) is 13.5. The van der Waals surface area contributed by atoms with Crippen LogP contribution in [0.3, 0.4) is 0 Å². The van der Waals surface area contributed by atoms with Gasteiger partial charge < -0.3 is 0 Å². The molecule has 1 heterocycles. The zero-order valence-electron chi connectivity index (χ0n) is 12.1. The third-order valence-electron chi connectivity index (χ3n) is 3.51. The Morgan fingerprint density at radius 3 is 2.29 bits per heavy atom. The van der Waals surface area contributed by atoms with Gasteiger partial charge in [0.2, 0.25) is 0 Å². The predicted octanol–water partition coefficient (Wildman–Crippen LogP) is 1.55. The summed E-state index contributed by atoms with van der Waals surface area (Å²) in [6.45, 7) is 10.9. The molecule has 0 aromatic rings. The van der Waals surface area contributed by atoms with E-state index in [9.17, 15) is 0 Å². The van der Waals surface area contributed by atoms with Crippen molar-refractivity contribution in [2.75, 3.05) is 27.2 Å². The van der Waals surface area contributed by atoms with Crippen molar-refractivity contribution in [3.05, 3.63) is 0 Å². The minimum Gasteiger partial charge on any atom is -0.292 e. The predicted molar refractivity (Wildman–Crippen MR) is 70.3 cm³/mol. The van der Waals surface area contributed by atoms with Crippen molar-refractivity contribution >= 4 is 0 Å². The molecule has 1 unspecified atom stereocenters. The van der Waals surface area contributed by atoms with E-state index in [4.69, 9.17) is 5.26 Å². The van der Waals surface area contributed by atoms with Crippen molar-refractivity contribution in [2.24, 2.45) is 0 Å². The van der Waals surface area contributed by atoms with Gasteiger partial charge in [-0.25, -0.2) is 10.0 Å². The van der Waals surface area contributed by atoms with Crippen molar-refractivity contribution < 1.29 is 0 Å². The number of nitrogens with zero attached hydrogens (tertiary/aromatic N) is 4. The van der Waals surface area contributed by atoms with Crippen molar-refractivity contribution in [2.45, 2.75) is 51.7 Å². The first kappa shape index (κ1) is 14.4. The number of piperazine rings is 1. The fraction of sp³-hybridized carbons (Fsp3) is 0.923. The minimum atomic E-state index is 0.133. The van der Waals surface area contributed by atoms with Crippen LogP contribution in [-0.4, -0.2) is 59.7 Å². The molecule has 0 bridgehead atoms. The molecule has 0 aliphatic carbocycles. The zero-order chi connectivity index (χ0) is 13.2. The fourth-order valence-corrected chi connectivity index (χ4v) is 2.68. The Kier molecular flexibility index (Phi) is 4.54. The Balaban J connectivity index is 2.85. The van der Waals surface area contributed by atoms with Gasteiger partial charge in [0, 0.05) is 44.8 Å². The average molecular weight is 238 g/mol. The molecule has 1 aliphatic heterocycles. The highest BCUT2D eigenvalue weighted by Gasteiger charge is 2.37. The van der Waals surface area contributed by atoms with Crippen LogP contribution in [0.1, 0.15) is 34.1 Å². The summed E-state index contributed by atoms with van der Waals surface area (Å²) in [6.07, 6.45) is 0.605. The van der Waals surface area contributed by atoms with Gasteiger partial charge in [0.25, 0.3) is 0 Å². The molecule has 0 saturated carbocycles. The Labute approximate surface area is 106 Å². The summed E-state index contributed by atoms with van der Waals surface area (Å²) in [7, 11) is 4.15. The minimum absolute atomic E-state index is 0.133. The summed E-state index contributed by atoms with van der Waals surface area (Å²) in [5.41, 5.74) is 0.133. The number of rotatable bonds is 2. The molecule has 2 atom stereocenters. The van der Waals surface area contributed by atoms with Crippen molar-refractivity contribution in [3.63, 3.8) is 0 Å². The topological polar surface area (TPSA) is 33.5 Å². The molecular weight excluding hydrogens is 212 g/mol. The van der Waals surface area contributed by atoms with Crippen molar-refractivity contribution in [1.29, 1.82) is 5.26 Å². The summed E-state index contributed by atoms with van der Waals surface area (Å²) in [4.78, 5) is 2.47. The molecule has 0 aromatic carbocycles. The molecule has 1 rings (SSSR count). The second kappa shape index (κ2) is 5.34. The number of hydrogen-bond acceptors (Lipinski definition) is 4. The Bertz CT molecular complexity index is 287. The monoisotopic (exact) mass is 238 g/mol. The van der Waals surface area contributed by atoms with Crippen LogP contribution in [-0.2, 0) is 0 Å². The maximum atomic E-state index is 8.98. The lowest BCUT2D eigenvalue weighted by molar-refractivity contribution is -0.102. The normalized spacial score (nSPS) is 28.4. The van der Waals surface area contributed by atoms with Gasteiger partial charge in [-0.1, -0.05) is 0 Å². The summed E-state index contributed by atoms with van der Waals surface area (Å²) < 4.78 is 0. The van der Waals surface area contributed by atoms with Crippen LogP contribution >= 0.6 is 0 Å². The summed E-state index contributed by atoms with van der Waals surface area (Å²) in [6, 6.07) is 3.16. The maximum absolute atomic E-state index is 8.98. The molecule has 0 N–H and O–H groups in total. The molecule has 0 radical (unpaired) electrons. The molecule has 17 heavy (non-hydrogen) atoms. The molecule has 1 saturated heterocycles. The SMILES string of the molecule is CC1CN(C(C)(C)C)[C@H](CC#N)CN1N(C)C. The third kappa shape index (κ3) is 3.41. The van der Waals surface area contributed by atoms with E-state index in [1.807, 2.05) is 0 Å². The van der Waals surface area contributed by atoms with Gasteiger partial charge in [0.05, 0.1) is 12.5 Å². The fourth-order valence-electron chi connectivity index (χ4n) is 2.68. The van der Waals surface area contributed by atoms with Crippen LogP contribution < -0.4 is 0 Å². The lowest BCUT2D eigenvalue weighted by atomic mass is 9.97. The highest BCUT2D eigenvalue weighted by atomic mass is 15.6. The molecule has 0 aromatic heterocycles. The molecule has 98 valence electrons. The standard InChI is InChI=1S/C13H26N4/c1-11-9-16(13(2,3)4)12(7-8-14)10-17(11)15(5)6/h11-12H,7,9-10H2,1-6H3/t11?,12-/m1/s1. The highest BCUT2D eigenvalue weighted by molar-refractivity contribution is 4.95. The highest BCUT2D eigenvalue weighted by Crippen LogP contribution is 2.25. The average Bonchev–Trinajstić information content (AvgIpc) is 2.18. The van der Waals surface area contributed by atoms with Crippen molar-refractivity contribution in [3.8, 4) is 6.07 Å². The molecule has 1 fully saturated rings. The molecule has 1 aliphatic rings. The van der Waals surface area contributed by atoms with Crippen LogP contribution in [0.2, 0.25) is 0 Å². The first-order valence-corrected chi connectivity index (χ1v) is 6.35. The quantitative estimate of drug-likeness (QED) is 0.731. The Hall–Kier alpha value is -0.630. The second-order valence-corrected chi connectivity index (χ2v) is 6.16. The van der Waals surface area contributed by atoms with Gasteiger partial charge in [0.15, 0.2) is 0 Å². The van der Waals surface area contributed by atoms with Gasteiger partial charge >= 0.3 is 0 Å². The van der Waals surface area contributed by atoms with Crippen LogP contribution in [0.15, 0.2) is 0 Å². The van der Waals surface area contributed by atoms with E-state index in [0.717, 1.165) is 13.1 Å². The van der Waals surface area contributed by atoms with Gasteiger partial charge in [-0.2, -0.15) is 5.26 Å². The molecule has 0 spiro atoms. The van der Waals surface area contributed by atoms with Gasteiger partial charge in [-0.3, -0.25) is 4.90 Å². The second-order valence-electron chi connectivity index (χ2n) is 6.16. The van der Waals surface area contributed by atoms with E-state index in [2.05, 4.69) is 62.8 Å². The number of nitriles is 1. The van der Waals surface area contributed by atoms with E-state index in [1.165, 1.54) is 0 Å².